The Bertz CT molecular complexity index is 488. The Morgan fingerprint density at radius 1 is 1.53 bits per heavy atom. The van der Waals surface area contributed by atoms with Crippen LogP contribution in [0.25, 0.3) is 0 Å². The van der Waals surface area contributed by atoms with Gasteiger partial charge in [-0.3, -0.25) is 4.79 Å². The fraction of sp³-hybridized carbons (Fsp3) is 0.500. The number of ether oxygens (including phenoxy) is 1. The molecule has 1 unspecified atom stereocenters. The quantitative estimate of drug-likeness (QED) is 0.625. The van der Waals surface area contributed by atoms with Crippen molar-refractivity contribution in [3.05, 3.63) is 29.6 Å². The highest BCUT2D eigenvalue weighted by Crippen LogP contribution is 2.48. The molecule has 0 spiro atoms. The van der Waals surface area contributed by atoms with Crippen molar-refractivity contribution >= 4 is 11.7 Å². The lowest BCUT2D eigenvalue weighted by Gasteiger charge is -2.30. The normalized spacial score (nSPS) is 17.8. The number of hydrogen-bond acceptors (Lipinski definition) is 4. The van der Waals surface area contributed by atoms with Crippen LogP contribution in [0.3, 0.4) is 0 Å². The number of halogens is 1. The van der Waals surface area contributed by atoms with E-state index in [9.17, 15) is 9.18 Å². The van der Waals surface area contributed by atoms with Gasteiger partial charge >= 0.3 is 5.97 Å². The Morgan fingerprint density at radius 3 is 2.74 bits per heavy atom. The number of anilines is 1. The molecule has 104 valence electrons. The van der Waals surface area contributed by atoms with Gasteiger partial charge in [0.05, 0.1) is 12.5 Å². The maximum atomic E-state index is 13.3. The predicted octanol–water partition coefficient (Wildman–Crippen LogP) is 1.48. The van der Waals surface area contributed by atoms with Crippen LogP contribution in [-0.4, -0.2) is 19.6 Å². The van der Waals surface area contributed by atoms with Gasteiger partial charge in [0, 0.05) is 12.2 Å². The summed E-state index contributed by atoms with van der Waals surface area (Å²) in [5.74, 6) is -0.496. The largest absolute Gasteiger partial charge is 0.469 e. The first kappa shape index (κ1) is 13.8. The first-order valence-electron chi connectivity index (χ1n) is 6.36. The van der Waals surface area contributed by atoms with Gasteiger partial charge in [0.2, 0.25) is 0 Å². The first-order valence-corrected chi connectivity index (χ1v) is 6.36. The molecule has 1 atom stereocenters. The van der Waals surface area contributed by atoms with Gasteiger partial charge in [-0.1, -0.05) is 0 Å². The molecule has 1 aliphatic rings. The van der Waals surface area contributed by atoms with Gasteiger partial charge < -0.3 is 16.2 Å². The molecule has 4 nitrogen and oxygen atoms in total. The monoisotopic (exact) mass is 266 g/mol. The molecule has 0 radical (unpaired) electrons. The van der Waals surface area contributed by atoms with Gasteiger partial charge in [-0.15, -0.1) is 0 Å². The van der Waals surface area contributed by atoms with Crippen LogP contribution in [-0.2, 0) is 16.0 Å². The summed E-state index contributed by atoms with van der Waals surface area (Å²) in [5, 5.41) is 0. The molecule has 0 bridgehead atoms. The molecule has 0 aliphatic heterocycles. The van der Waals surface area contributed by atoms with Crippen LogP contribution >= 0.6 is 0 Å². The molecule has 0 heterocycles. The van der Waals surface area contributed by atoms with Gasteiger partial charge in [-0.2, -0.15) is 0 Å². The van der Waals surface area contributed by atoms with Crippen molar-refractivity contribution < 1.29 is 13.9 Å². The van der Waals surface area contributed by atoms with Crippen molar-refractivity contribution in [3.8, 4) is 0 Å². The number of hydrogen-bond donors (Lipinski definition) is 2. The summed E-state index contributed by atoms with van der Waals surface area (Å²) >= 11 is 0. The SMILES string of the molecule is COC(=O)C(CN)(Cc1cc(F)ccc1N)C1CC1. The summed E-state index contributed by atoms with van der Waals surface area (Å²) in [6, 6.07) is 4.18. The zero-order chi connectivity index (χ0) is 14.0. The highest BCUT2D eigenvalue weighted by atomic mass is 19.1. The van der Waals surface area contributed by atoms with E-state index in [4.69, 9.17) is 16.2 Å². The van der Waals surface area contributed by atoms with Gasteiger partial charge in [-0.25, -0.2) is 4.39 Å². The van der Waals surface area contributed by atoms with Gasteiger partial charge in [0.1, 0.15) is 5.82 Å². The maximum absolute atomic E-state index is 13.3. The number of carbonyl (C=O) groups excluding carboxylic acids is 1. The number of carbonyl (C=O) groups is 1. The second-order valence-electron chi connectivity index (χ2n) is 5.15. The molecule has 0 saturated heterocycles. The van der Waals surface area contributed by atoms with Crippen molar-refractivity contribution in [3.63, 3.8) is 0 Å². The van der Waals surface area contributed by atoms with Gasteiger partial charge in [0.25, 0.3) is 0 Å². The highest BCUT2D eigenvalue weighted by molar-refractivity contribution is 5.78. The molecule has 0 aromatic heterocycles. The Kier molecular flexibility index (Phi) is 3.75. The molecule has 1 aliphatic carbocycles. The molecule has 4 N–H and O–H groups in total. The average molecular weight is 266 g/mol. The minimum atomic E-state index is -0.781. The van der Waals surface area contributed by atoms with Crippen molar-refractivity contribution in [2.45, 2.75) is 19.3 Å². The van der Waals surface area contributed by atoms with E-state index in [0.29, 0.717) is 17.7 Å². The smallest absolute Gasteiger partial charge is 0.313 e. The molecule has 2 rings (SSSR count). The zero-order valence-electron chi connectivity index (χ0n) is 11.0. The van der Waals surface area contributed by atoms with Gasteiger partial charge in [0.15, 0.2) is 0 Å². The third kappa shape index (κ3) is 2.56. The molecule has 19 heavy (non-hydrogen) atoms. The van der Waals surface area contributed by atoms with Crippen molar-refractivity contribution in [1.82, 2.24) is 0 Å². The number of esters is 1. The third-order valence-corrected chi connectivity index (χ3v) is 3.93. The summed E-state index contributed by atoms with van der Waals surface area (Å²) < 4.78 is 18.2. The fourth-order valence-corrected chi connectivity index (χ4v) is 2.61. The van der Waals surface area contributed by atoms with Gasteiger partial charge in [-0.05, 0) is 48.9 Å². The predicted molar refractivity (Wildman–Crippen MR) is 70.7 cm³/mol. The lowest BCUT2D eigenvalue weighted by molar-refractivity contribution is -0.153. The Labute approximate surface area is 111 Å². The summed E-state index contributed by atoms with van der Waals surface area (Å²) in [7, 11) is 1.35. The topological polar surface area (TPSA) is 78.3 Å². The molecule has 1 aromatic carbocycles. The van der Waals surface area contributed by atoms with E-state index in [1.807, 2.05) is 0 Å². The summed E-state index contributed by atoms with van der Waals surface area (Å²) in [6.45, 7) is 0.181. The van der Waals surface area contributed by atoms with Crippen LogP contribution in [0.5, 0.6) is 0 Å². The zero-order valence-corrected chi connectivity index (χ0v) is 11.0. The summed E-state index contributed by atoms with van der Waals surface area (Å²) in [4.78, 5) is 12.1. The van der Waals surface area contributed by atoms with E-state index < -0.39 is 5.41 Å². The third-order valence-electron chi connectivity index (χ3n) is 3.93. The number of nitrogen functional groups attached to an aromatic ring is 1. The van der Waals surface area contributed by atoms with Crippen LogP contribution in [0.15, 0.2) is 18.2 Å². The van der Waals surface area contributed by atoms with Crippen LogP contribution in [0, 0.1) is 17.2 Å². The highest BCUT2D eigenvalue weighted by Gasteiger charge is 2.51. The van der Waals surface area contributed by atoms with Crippen molar-refractivity contribution in [2.24, 2.45) is 17.1 Å². The number of benzene rings is 1. The molecular formula is C14H19FN2O2. The van der Waals surface area contributed by atoms with Crippen molar-refractivity contribution in [2.75, 3.05) is 19.4 Å². The molecule has 1 fully saturated rings. The standard InChI is InChI=1S/C14H19FN2O2/c1-19-13(18)14(8-16,10-2-3-10)7-9-6-11(15)4-5-12(9)17/h4-6,10H,2-3,7-8,16-17H2,1H3. The van der Waals surface area contributed by atoms with E-state index in [-0.39, 0.29) is 24.2 Å². The van der Waals surface area contributed by atoms with E-state index in [1.165, 1.54) is 25.3 Å². The molecule has 1 saturated carbocycles. The molecule has 1 aromatic rings. The Hall–Kier alpha value is -1.62. The second kappa shape index (κ2) is 5.17. The second-order valence-corrected chi connectivity index (χ2v) is 5.15. The Morgan fingerprint density at radius 2 is 2.21 bits per heavy atom. The van der Waals surface area contributed by atoms with Crippen LogP contribution < -0.4 is 11.5 Å². The fourth-order valence-electron chi connectivity index (χ4n) is 2.61. The van der Waals surface area contributed by atoms with Crippen LogP contribution in [0.2, 0.25) is 0 Å². The summed E-state index contributed by atoms with van der Waals surface area (Å²) in [5.41, 5.74) is 12.0. The number of nitrogens with two attached hydrogens (primary N) is 2. The molecule has 0 amide bonds. The van der Waals surface area contributed by atoms with E-state index in [2.05, 4.69) is 0 Å². The average Bonchev–Trinajstić information content (AvgIpc) is 3.23. The minimum absolute atomic E-state index is 0.181. The summed E-state index contributed by atoms with van der Waals surface area (Å²) in [6.07, 6.45) is 2.22. The maximum Gasteiger partial charge on any atom is 0.313 e. The minimum Gasteiger partial charge on any atom is -0.469 e. The van der Waals surface area contributed by atoms with E-state index in [0.717, 1.165) is 12.8 Å². The molecule has 5 heteroatoms. The number of methoxy groups -OCH3 is 1. The van der Waals surface area contributed by atoms with Crippen molar-refractivity contribution in [1.29, 1.82) is 0 Å². The lowest BCUT2D eigenvalue weighted by atomic mass is 9.76. The van der Waals surface area contributed by atoms with E-state index >= 15 is 0 Å². The molecular weight excluding hydrogens is 247 g/mol. The van der Waals surface area contributed by atoms with Crippen LogP contribution in [0.1, 0.15) is 18.4 Å². The first-order chi connectivity index (χ1) is 9.03. The number of rotatable bonds is 5. The van der Waals surface area contributed by atoms with E-state index in [1.54, 1.807) is 0 Å². The lowest BCUT2D eigenvalue weighted by Crippen LogP contribution is -2.43. The van der Waals surface area contributed by atoms with Crippen LogP contribution in [0.4, 0.5) is 10.1 Å². The Balaban J connectivity index is 2.34.